The van der Waals surface area contributed by atoms with E-state index in [1.165, 1.54) is 46.0 Å². The highest BCUT2D eigenvalue weighted by atomic mass is 32.2. The highest BCUT2D eigenvalue weighted by molar-refractivity contribution is 7.89. The van der Waals surface area contributed by atoms with Gasteiger partial charge in [0.2, 0.25) is 10.0 Å². The number of nitrogens with one attached hydrogen (secondary N) is 1. The zero-order chi connectivity index (χ0) is 20.3. The van der Waals surface area contributed by atoms with Crippen molar-refractivity contribution in [1.82, 2.24) is 4.72 Å². The summed E-state index contributed by atoms with van der Waals surface area (Å²) in [6.45, 7) is 2.95. The van der Waals surface area contributed by atoms with Gasteiger partial charge in [-0.3, -0.25) is 4.79 Å². The van der Waals surface area contributed by atoms with Gasteiger partial charge in [-0.15, -0.1) is 0 Å². The molecule has 0 radical (unpaired) electrons. The molecule has 1 aromatic rings. The summed E-state index contributed by atoms with van der Waals surface area (Å²) in [5.74, 6) is 0.440. The molecule has 1 aromatic carbocycles. The lowest BCUT2D eigenvalue weighted by atomic mass is 9.51. The molecule has 4 aliphatic rings. The summed E-state index contributed by atoms with van der Waals surface area (Å²) < 4.78 is 55.3. The Hall–Kier alpha value is -1.34. The summed E-state index contributed by atoms with van der Waals surface area (Å²) >= 11 is 0. The number of rotatable bonds is 6. The van der Waals surface area contributed by atoms with Gasteiger partial charge in [0.15, 0.2) is 10.7 Å². The molecule has 0 aliphatic heterocycles. The van der Waals surface area contributed by atoms with Crippen LogP contribution in [-0.2, 0) is 14.8 Å². The van der Waals surface area contributed by atoms with E-state index in [-0.39, 0.29) is 5.78 Å². The van der Waals surface area contributed by atoms with Gasteiger partial charge in [-0.1, -0.05) is 6.07 Å². The van der Waals surface area contributed by atoms with E-state index in [1.54, 1.807) is 0 Å². The Morgan fingerprint density at radius 3 is 2.04 bits per heavy atom. The summed E-state index contributed by atoms with van der Waals surface area (Å²) in [6.07, 6.45) is 6.36. The Balaban J connectivity index is 1.49. The van der Waals surface area contributed by atoms with Crippen LogP contribution in [0.2, 0.25) is 0 Å². The van der Waals surface area contributed by atoms with E-state index in [4.69, 9.17) is 0 Å². The minimum absolute atomic E-state index is 0.217. The molecule has 4 aliphatic carbocycles. The maximum atomic E-state index is 13.9. The quantitative estimate of drug-likeness (QED) is 0.768. The molecule has 4 fully saturated rings. The largest absolute Gasteiger partial charge is 0.298 e. The van der Waals surface area contributed by atoms with Gasteiger partial charge in [-0.25, -0.2) is 17.2 Å². The fourth-order valence-corrected chi connectivity index (χ4v) is 7.56. The minimum atomic E-state index is -4.51. The zero-order valence-corrected chi connectivity index (χ0v) is 17.1. The van der Waals surface area contributed by atoms with Crippen LogP contribution in [0.15, 0.2) is 23.1 Å². The van der Waals surface area contributed by atoms with Crippen LogP contribution in [0.5, 0.6) is 0 Å². The molecule has 4 nitrogen and oxygen atoms in total. The van der Waals surface area contributed by atoms with Gasteiger partial charge in [0, 0.05) is 6.42 Å². The zero-order valence-electron chi connectivity index (χ0n) is 16.3. The Labute approximate surface area is 165 Å². The van der Waals surface area contributed by atoms with Crippen LogP contribution in [0.25, 0.3) is 0 Å². The van der Waals surface area contributed by atoms with Crippen LogP contribution in [0, 0.1) is 41.2 Å². The molecule has 0 amide bonds. The van der Waals surface area contributed by atoms with Gasteiger partial charge in [-0.2, -0.15) is 4.72 Å². The first-order valence-corrected chi connectivity index (χ1v) is 11.6. The molecule has 5 rings (SSSR count). The number of benzene rings is 1. The number of Topliss-reactive ketones (excluding diaryl/α,β-unsaturated/α-hetero) is 1. The van der Waals surface area contributed by atoms with E-state index in [0.29, 0.717) is 24.2 Å². The van der Waals surface area contributed by atoms with E-state index >= 15 is 0 Å². The number of ketones is 1. The van der Waals surface area contributed by atoms with E-state index < -0.39 is 32.1 Å². The van der Waals surface area contributed by atoms with Crippen molar-refractivity contribution in [1.29, 1.82) is 0 Å². The van der Waals surface area contributed by atoms with Crippen LogP contribution in [0.4, 0.5) is 8.78 Å². The molecule has 0 saturated heterocycles. The molecule has 7 heteroatoms. The molecule has 0 spiro atoms. The molecule has 154 valence electrons. The van der Waals surface area contributed by atoms with Gasteiger partial charge in [0.1, 0.15) is 11.6 Å². The molecule has 0 unspecified atom stereocenters. The number of carbonyl (C=O) groups is 1. The van der Waals surface area contributed by atoms with Gasteiger partial charge in [-0.05, 0) is 87.7 Å². The average Bonchev–Trinajstić information content (AvgIpc) is 2.55. The molecule has 4 bridgehead atoms. The van der Waals surface area contributed by atoms with Crippen LogP contribution in [0.1, 0.15) is 52.4 Å². The maximum Gasteiger partial charge on any atom is 0.247 e. The molecule has 4 saturated carbocycles. The van der Waals surface area contributed by atoms with Crippen molar-refractivity contribution in [3.8, 4) is 0 Å². The number of halogens is 2. The van der Waals surface area contributed by atoms with Gasteiger partial charge in [0.05, 0.1) is 5.54 Å². The average molecular weight is 412 g/mol. The third kappa shape index (κ3) is 3.52. The minimum Gasteiger partial charge on any atom is -0.298 e. The normalized spacial score (nSPS) is 31.9. The highest BCUT2D eigenvalue weighted by Crippen LogP contribution is 2.57. The van der Waals surface area contributed by atoms with Crippen molar-refractivity contribution >= 4 is 15.8 Å². The number of hydrogen-bond donors (Lipinski definition) is 1. The predicted octanol–water partition coefficient (Wildman–Crippen LogP) is 4.05. The smallest absolute Gasteiger partial charge is 0.247 e. The predicted molar refractivity (Wildman–Crippen MR) is 101 cm³/mol. The van der Waals surface area contributed by atoms with Gasteiger partial charge in [0.25, 0.3) is 0 Å². The van der Waals surface area contributed by atoms with Crippen LogP contribution < -0.4 is 4.72 Å². The van der Waals surface area contributed by atoms with Crippen molar-refractivity contribution in [2.24, 2.45) is 29.6 Å². The number of carbonyl (C=O) groups excluding carboxylic acids is 1. The molecular formula is C21H27F2NO3S. The number of sulfonamides is 1. The lowest BCUT2D eigenvalue weighted by molar-refractivity contribution is -0.128. The summed E-state index contributed by atoms with van der Waals surface area (Å²) in [7, 11) is -4.51. The fourth-order valence-electron chi connectivity index (χ4n) is 6.02. The van der Waals surface area contributed by atoms with Crippen molar-refractivity contribution in [2.45, 2.75) is 62.8 Å². The van der Waals surface area contributed by atoms with Crippen molar-refractivity contribution < 1.29 is 22.0 Å². The lowest BCUT2D eigenvalue weighted by Crippen LogP contribution is -2.52. The van der Waals surface area contributed by atoms with Crippen LogP contribution in [0.3, 0.4) is 0 Å². The van der Waals surface area contributed by atoms with Crippen molar-refractivity contribution in [3.63, 3.8) is 0 Å². The molecule has 28 heavy (non-hydrogen) atoms. The lowest BCUT2D eigenvalue weighted by Gasteiger charge is -2.54. The van der Waals surface area contributed by atoms with Gasteiger partial charge < -0.3 is 0 Å². The maximum absolute atomic E-state index is 13.9. The Morgan fingerprint density at radius 1 is 1.04 bits per heavy atom. The van der Waals surface area contributed by atoms with Gasteiger partial charge >= 0.3 is 0 Å². The number of hydrogen-bond acceptors (Lipinski definition) is 3. The first-order chi connectivity index (χ1) is 13.1. The molecule has 0 aromatic heterocycles. The van der Waals surface area contributed by atoms with E-state index in [9.17, 15) is 22.0 Å². The second kappa shape index (κ2) is 6.87. The van der Waals surface area contributed by atoms with Crippen LogP contribution >= 0.6 is 0 Å². The van der Waals surface area contributed by atoms with E-state index in [2.05, 4.69) is 4.72 Å². The third-order valence-corrected chi connectivity index (χ3v) is 8.82. The molecule has 0 atom stereocenters. The summed E-state index contributed by atoms with van der Waals surface area (Å²) in [6, 6.07) is 2.88. The Morgan fingerprint density at radius 2 is 1.54 bits per heavy atom. The van der Waals surface area contributed by atoms with Crippen molar-refractivity contribution in [3.05, 3.63) is 29.8 Å². The van der Waals surface area contributed by atoms with E-state index in [0.717, 1.165) is 30.0 Å². The second-order valence-electron chi connectivity index (χ2n) is 9.50. The Kier molecular flexibility index (Phi) is 4.90. The SMILES string of the molecule is CC(C)(NS(=O)(=O)c1c(F)cccc1F)C(=O)CC1C2CC3CC(C2)CC1C3. The fraction of sp³-hybridized carbons (Fsp3) is 0.667. The molecular weight excluding hydrogens is 384 g/mol. The first kappa shape index (κ1) is 20.0. The monoisotopic (exact) mass is 411 g/mol. The van der Waals surface area contributed by atoms with Crippen LogP contribution in [-0.4, -0.2) is 19.7 Å². The van der Waals surface area contributed by atoms with E-state index in [1.807, 2.05) is 0 Å². The highest BCUT2D eigenvalue weighted by Gasteiger charge is 2.49. The van der Waals surface area contributed by atoms with Crippen molar-refractivity contribution in [2.75, 3.05) is 0 Å². The summed E-state index contributed by atoms with van der Waals surface area (Å²) in [4.78, 5) is 12.0. The third-order valence-electron chi connectivity index (χ3n) is 7.12. The summed E-state index contributed by atoms with van der Waals surface area (Å²) in [5, 5.41) is 0. The Bertz CT molecular complexity index is 849. The summed E-state index contributed by atoms with van der Waals surface area (Å²) in [5.41, 5.74) is -1.43. The first-order valence-electron chi connectivity index (χ1n) is 10.1. The molecule has 1 N–H and O–H groups in total. The molecule has 0 heterocycles. The second-order valence-corrected chi connectivity index (χ2v) is 11.1. The topological polar surface area (TPSA) is 63.2 Å². The standard InChI is InChI=1S/C21H27F2NO3S/c1-21(2,24-28(26,27)20-17(22)4-3-5-18(20)23)19(25)11-16-14-7-12-6-13(9-14)10-15(16)8-12/h3-5,12-16,24H,6-11H2,1-2H3.